The molecule has 2 aromatic rings. The molecule has 0 bridgehead atoms. The number of carboxylic acid groups (broad SMARTS) is 2. The Labute approximate surface area is 254 Å². The molecule has 5 rings (SSSR count). The molecule has 0 radical (unpaired) electrons. The summed E-state index contributed by atoms with van der Waals surface area (Å²) in [6, 6.07) is 6.27. The number of nitrogens with zero attached hydrogens (tertiary/aromatic N) is 4. The molecule has 1 aromatic carbocycles. The molecule has 43 heavy (non-hydrogen) atoms. The SMILES string of the molecule is Cc1cc(C)nc(C2=C(C(=O)O)N3C(=O)[C@@](C=S)(NC(=O)CCCC(C(=O)O)N4C(=O)c5ccccc5C4=O)[C@@H]3SC2)n1. The van der Waals surface area contributed by atoms with Crippen LogP contribution in [0.15, 0.2) is 36.0 Å². The van der Waals surface area contributed by atoms with Crippen molar-refractivity contribution in [3.05, 3.63) is 64.4 Å². The zero-order chi connectivity index (χ0) is 31.2. The minimum Gasteiger partial charge on any atom is -0.480 e. The van der Waals surface area contributed by atoms with E-state index in [-0.39, 0.29) is 53.2 Å². The molecule has 222 valence electrons. The number of rotatable bonds is 10. The molecule has 1 aromatic heterocycles. The van der Waals surface area contributed by atoms with Gasteiger partial charge in [0.1, 0.15) is 17.1 Å². The van der Waals surface area contributed by atoms with E-state index < -0.39 is 52.5 Å². The lowest BCUT2D eigenvalue weighted by Crippen LogP contribution is -2.80. The summed E-state index contributed by atoms with van der Waals surface area (Å²) in [4.78, 5) is 86.7. The van der Waals surface area contributed by atoms with E-state index in [4.69, 9.17) is 12.2 Å². The summed E-state index contributed by atoms with van der Waals surface area (Å²) in [5.41, 5.74) is -0.192. The smallest absolute Gasteiger partial charge is 0.353 e. The second kappa shape index (κ2) is 11.3. The first-order valence-electron chi connectivity index (χ1n) is 13.1. The van der Waals surface area contributed by atoms with Gasteiger partial charge in [-0.1, -0.05) is 24.4 Å². The van der Waals surface area contributed by atoms with Gasteiger partial charge < -0.3 is 15.5 Å². The average Bonchev–Trinajstić information content (AvgIpc) is 3.21. The van der Waals surface area contributed by atoms with Gasteiger partial charge in [0.05, 0.1) is 11.1 Å². The summed E-state index contributed by atoms with van der Waals surface area (Å²) in [7, 11) is 0. The van der Waals surface area contributed by atoms with Crippen LogP contribution in [0.2, 0.25) is 0 Å². The number of carboxylic acids is 2. The van der Waals surface area contributed by atoms with E-state index in [0.29, 0.717) is 16.3 Å². The molecule has 4 amide bonds. The molecule has 1 saturated heterocycles. The Morgan fingerprint density at radius 2 is 1.72 bits per heavy atom. The van der Waals surface area contributed by atoms with Crippen LogP contribution in [0.25, 0.3) is 5.57 Å². The van der Waals surface area contributed by atoms with Crippen LogP contribution in [0.3, 0.4) is 0 Å². The normalized spacial score (nSPS) is 21.6. The van der Waals surface area contributed by atoms with E-state index in [1.165, 1.54) is 23.9 Å². The Morgan fingerprint density at radius 3 is 2.26 bits per heavy atom. The number of nitrogens with one attached hydrogen (secondary N) is 1. The third kappa shape index (κ3) is 4.97. The first kappa shape index (κ1) is 30.0. The molecule has 3 N–H and O–H groups in total. The fourth-order valence-electron chi connectivity index (χ4n) is 5.47. The predicted molar refractivity (Wildman–Crippen MR) is 156 cm³/mol. The van der Waals surface area contributed by atoms with Crippen LogP contribution in [0.4, 0.5) is 0 Å². The third-order valence-electron chi connectivity index (χ3n) is 7.40. The largest absolute Gasteiger partial charge is 0.480 e. The molecule has 0 saturated carbocycles. The first-order valence-corrected chi connectivity index (χ1v) is 14.6. The fourth-order valence-corrected chi connectivity index (χ4v) is 7.28. The summed E-state index contributed by atoms with van der Waals surface area (Å²) in [5, 5.41) is 22.7. The molecule has 1 fully saturated rings. The van der Waals surface area contributed by atoms with Gasteiger partial charge in [0.2, 0.25) is 5.91 Å². The minimum absolute atomic E-state index is 0.0338. The number of fused-ring (bicyclic) bond motifs is 2. The van der Waals surface area contributed by atoms with Gasteiger partial charge in [0.15, 0.2) is 11.4 Å². The lowest BCUT2D eigenvalue weighted by Gasteiger charge is -2.55. The molecule has 15 heteroatoms. The number of thioether (sulfide) groups is 1. The number of thiocarbonyl (C=S) groups is 1. The number of amides is 4. The van der Waals surface area contributed by atoms with Crippen molar-refractivity contribution in [1.82, 2.24) is 25.1 Å². The van der Waals surface area contributed by atoms with E-state index in [9.17, 15) is 39.0 Å². The topological polar surface area (TPSA) is 187 Å². The van der Waals surface area contributed by atoms with Crippen molar-refractivity contribution >= 4 is 70.5 Å². The van der Waals surface area contributed by atoms with Crippen molar-refractivity contribution in [3.8, 4) is 0 Å². The predicted octanol–water partition coefficient (Wildman–Crippen LogP) is 1.58. The summed E-state index contributed by atoms with van der Waals surface area (Å²) in [6.45, 7) is 3.50. The van der Waals surface area contributed by atoms with Gasteiger partial charge in [-0.15, -0.1) is 11.8 Å². The average molecular weight is 624 g/mol. The van der Waals surface area contributed by atoms with Crippen LogP contribution in [0.1, 0.15) is 57.2 Å². The fraction of sp³-hybridized carbons (Fsp3) is 0.321. The number of benzene rings is 1. The lowest BCUT2D eigenvalue weighted by atomic mass is 9.87. The zero-order valence-electron chi connectivity index (χ0n) is 22.9. The highest BCUT2D eigenvalue weighted by atomic mass is 32.2. The second-order valence-electron chi connectivity index (χ2n) is 10.3. The number of carbonyl (C=O) groups is 6. The number of aliphatic carboxylic acids is 2. The Balaban J connectivity index is 1.28. The number of β-lactam (4-membered cyclic amide) rings is 1. The van der Waals surface area contributed by atoms with Gasteiger partial charge in [-0.3, -0.25) is 29.0 Å². The van der Waals surface area contributed by atoms with E-state index in [1.54, 1.807) is 32.0 Å². The number of hydrogen-bond donors (Lipinski definition) is 3. The first-order chi connectivity index (χ1) is 20.4. The molecular formula is C28H25N5O8S2. The van der Waals surface area contributed by atoms with Crippen molar-refractivity contribution in [2.24, 2.45) is 0 Å². The molecule has 3 aliphatic heterocycles. The molecule has 3 aliphatic rings. The van der Waals surface area contributed by atoms with Crippen LogP contribution in [0.5, 0.6) is 0 Å². The van der Waals surface area contributed by atoms with Gasteiger partial charge in [-0.25, -0.2) is 19.6 Å². The van der Waals surface area contributed by atoms with Crippen LogP contribution in [-0.4, -0.2) is 93.6 Å². The highest BCUT2D eigenvalue weighted by Crippen LogP contribution is 2.47. The Morgan fingerprint density at radius 1 is 1.12 bits per heavy atom. The van der Waals surface area contributed by atoms with Gasteiger partial charge in [-0.05, 0) is 44.9 Å². The van der Waals surface area contributed by atoms with E-state index in [1.807, 2.05) is 0 Å². The quantitative estimate of drug-likeness (QED) is 0.197. The molecule has 0 aliphatic carbocycles. The number of aromatic nitrogens is 2. The van der Waals surface area contributed by atoms with Gasteiger partial charge >= 0.3 is 11.9 Å². The highest BCUT2D eigenvalue weighted by molar-refractivity contribution is 8.00. The molecular weight excluding hydrogens is 598 g/mol. The van der Waals surface area contributed by atoms with Crippen LogP contribution in [0, 0.1) is 13.8 Å². The van der Waals surface area contributed by atoms with Crippen molar-refractivity contribution in [1.29, 1.82) is 0 Å². The molecule has 13 nitrogen and oxygen atoms in total. The Bertz CT molecular complexity index is 1600. The standard InChI is InChI=1S/C28H25N5O8S2/c1-13-10-14(2)30-21(29-13)17-11-43-27-28(12-42,26(41)33(27)20(17)25(39)40)31-19(34)9-5-8-18(24(37)38)32-22(35)15-6-3-4-7-16(15)23(32)36/h3-4,6-7,10,12,18,27H,5,8-9,11H2,1-2H3,(H,31,34)(H,37,38)(H,39,40)/t18?,27-,28+/m0/s1. The molecule has 0 spiro atoms. The maximum Gasteiger partial charge on any atom is 0.353 e. The van der Waals surface area contributed by atoms with Crippen LogP contribution >= 0.6 is 24.0 Å². The number of hydrogen-bond acceptors (Lipinski definition) is 10. The summed E-state index contributed by atoms with van der Waals surface area (Å²) < 4.78 is 0. The maximum absolute atomic E-state index is 13.4. The van der Waals surface area contributed by atoms with E-state index in [2.05, 4.69) is 15.3 Å². The van der Waals surface area contributed by atoms with E-state index >= 15 is 0 Å². The monoisotopic (exact) mass is 623 g/mol. The van der Waals surface area contributed by atoms with Crippen molar-refractivity contribution in [3.63, 3.8) is 0 Å². The highest BCUT2D eigenvalue weighted by Gasteiger charge is 2.64. The summed E-state index contributed by atoms with van der Waals surface area (Å²) >= 11 is 6.34. The van der Waals surface area contributed by atoms with Crippen molar-refractivity contribution in [2.45, 2.75) is 50.1 Å². The zero-order valence-corrected chi connectivity index (χ0v) is 24.5. The Hall–Kier alpha value is -4.50. The second-order valence-corrected chi connectivity index (χ2v) is 11.6. The van der Waals surface area contributed by atoms with E-state index in [0.717, 1.165) is 10.3 Å². The van der Waals surface area contributed by atoms with Gasteiger partial charge in [0, 0.05) is 34.5 Å². The van der Waals surface area contributed by atoms with Crippen molar-refractivity contribution in [2.75, 3.05) is 5.75 Å². The van der Waals surface area contributed by atoms with Crippen molar-refractivity contribution < 1.29 is 39.0 Å². The van der Waals surface area contributed by atoms with Crippen LogP contribution in [-0.2, 0) is 19.2 Å². The third-order valence-corrected chi connectivity index (χ3v) is 9.13. The molecule has 1 unspecified atom stereocenters. The van der Waals surface area contributed by atoms with Gasteiger partial charge in [0.25, 0.3) is 17.7 Å². The number of imide groups is 1. The molecule has 3 atom stereocenters. The lowest BCUT2D eigenvalue weighted by molar-refractivity contribution is -0.153. The Kier molecular flexibility index (Phi) is 7.88. The minimum atomic E-state index is -1.67. The van der Waals surface area contributed by atoms with Gasteiger partial charge in [-0.2, -0.15) is 0 Å². The maximum atomic E-state index is 13.4. The summed E-state index contributed by atoms with van der Waals surface area (Å²) in [6.07, 6.45) is -0.484. The summed E-state index contributed by atoms with van der Waals surface area (Å²) in [5.74, 6) is -5.23. The number of carbonyl (C=O) groups excluding carboxylic acids is 4. The number of aryl methyl sites for hydroxylation is 2. The molecule has 4 heterocycles. The van der Waals surface area contributed by atoms with Crippen LogP contribution < -0.4 is 5.32 Å².